The predicted molar refractivity (Wildman–Crippen MR) is 80.6 cm³/mol. The van der Waals surface area contributed by atoms with E-state index < -0.39 is 5.60 Å². The third-order valence-electron chi connectivity index (χ3n) is 5.11. The third kappa shape index (κ3) is 4.43. The molecule has 21 heavy (non-hydrogen) atoms. The van der Waals surface area contributed by atoms with E-state index in [0.29, 0.717) is 25.6 Å². The molecule has 0 unspecified atom stereocenters. The van der Waals surface area contributed by atoms with Crippen LogP contribution in [0.3, 0.4) is 0 Å². The van der Waals surface area contributed by atoms with Gasteiger partial charge in [0.25, 0.3) is 0 Å². The molecule has 1 aliphatic heterocycles. The first kappa shape index (κ1) is 16.3. The maximum absolute atomic E-state index is 12.2. The number of hydrogen-bond donors (Lipinski definition) is 2. The van der Waals surface area contributed by atoms with Crippen molar-refractivity contribution >= 4 is 11.8 Å². The number of aliphatic hydroxyl groups is 1. The Kier molecular flexibility index (Phi) is 5.25. The van der Waals surface area contributed by atoms with Crippen LogP contribution in [0.5, 0.6) is 0 Å². The molecule has 2 rings (SSSR count). The number of likely N-dealkylation sites (tertiary alicyclic amines) is 1. The quantitative estimate of drug-likeness (QED) is 0.825. The van der Waals surface area contributed by atoms with E-state index in [9.17, 15) is 14.7 Å². The summed E-state index contributed by atoms with van der Waals surface area (Å²) in [6.07, 6.45) is 5.06. The standard InChI is InChI=1S/C16H28N2O3/c1-12-3-7-16(21,8-4-12)11-17-15(20)14-5-9-18(10-6-14)13(2)19/h12,14,21H,3-11H2,1-2H3,(H,17,20). The maximum Gasteiger partial charge on any atom is 0.223 e. The molecule has 2 amide bonds. The van der Waals surface area contributed by atoms with Gasteiger partial charge in [-0.15, -0.1) is 0 Å². The first-order valence-electron chi connectivity index (χ1n) is 8.15. The van der Waals surface area contributed by atoms with Crippen molar-refractivity contribution in [3.8, 4) is 0 Å². The van der Waals surface area contributed by atoms with Crippen LogP contribution < -0.4 is 5.32 Å². The number of amides is 2. The van der Waals surface area contributed by atoms with E-state index in [2.05, 4.69) is 12.2 Å². The lowest BCUT2D eigenvalue weighted by atomic mass is 9.79. The molecule has 120 valence electrons. The van der Waals surface area contributed by atoms with Crippen LogP contribution in [0.4, 0.5) is 0 Å². The number of carbonyl (C=O) groups is 2. The molecule has 0 aromatic carbocycles. The van der Waals surface area contributed by atoms with Gasteiger partial charge in [-0.05, 0) is 44.4 Å². The molecule has 2 aliphatic rings. The Bertz CT molecular complexity index is 381. The predicted octanol–water partition coefficient (Wildman–Crippen LogP) is 1.30. The van der Waals surface area contributed by atoms with E-state index in [1.807, 2.05) is 0 Å². The Hall–Kier alpha value is -1.10. The fraction of sp³-hybridized carbons (Fsp3) is 0.875. The van der Waals surface area contributed by atoms with Crippen molar-refractivity contribution in [2.45, 2.75) is 58.0 Å². The highest BCUT2D eigenvalue weighted by Gasteiger charge is 2.33. The fourth-order valence-corrected chi connectivity index (χ4v) is 3.33. The van der Waals surface area contributed by atoms with Crippen molar-refractivity contribution in [1.29, 1.82) is 0 Å². The second-order valence-corrected chi connectivity index (χ2v) is 6.91. The molecule has 5 nitrogen and oxygen atoms in total. The Morgan fingerprint density at radius 1 is 1.19 bits per heavy atom. The molecule has 1 saturated carbocycles. The highest BCUT2D eigenvalue weighted by molar-refractivity contribution is 5.79. The molecule has 5 heteroatoms. The third-order valence-corrected chi connectivity index (χ3v) is 5.11. The first-order chi connectivity index (χ1) is 9.89. The lowest BCUT2D eigenvalue weighted by Gasteiger charge is -2.36. The number of piperidine rings is 1. The smallest absolute Gasteiger partial charge is 0.223 e. The molecule has 0 atom stereocenters. The number of rotatable bonds is 3. The second-order valence-electron chi connectivity index (χ2n) is 6.91. The largest absolute Gasteiger partial charge is 0.388 e. The van der Waals surface area contributed by atoms with Gasteiger partial charge in [-0.25, -0.2) is 0 Å². The summed E-state index contributed by atoms with van der Waals surface area (Å²) < 4.78 is 0. The first-order valence-corrected chi connectivity index (χ1v) is 8.15. The van der Waals surface area contributed by atoms with E-state index >= 15 is 0 Å². The zero-order chi connectivity index (χ0) is 15.5. The molecule has 0 aromatic heterocycles. The Balaban J connectivity index is 1.74. The lowest BCUT2D eigenvalue weighted by Crippen LogP contribution is -2.48. The minimum atomic E-state index is -0.720. The zero-order valence-electron chi connectivity index (χ0n) is 13.2. The molecule has 0 spiro atoms. The minimum Gasteiger partial charge on any atom is -0.388 e. The van der Waals surface area contributed by atoms with Gasteiger partial charge in [-0.1, -0.05) is 6.92 Å². The van der Waals surface area contributed by atoms with Crippen molar-refractivity contribution in [3.05, 3.63) is 0 Å². The van der Waals surface area contributed by atoms with Gasteiger partial charge in [-0.3, -0.25) is 9.59 Å². The van der Waals surface area contributed by atoms with Crippen molar-refractivity contribution in [1.82, 2.24) is 10.2 Å². The van der Waals surface area contributed by atoms with E-state index in [-0.39, 0.29) is 17.7 Å². The number of nitrogens with one attached hydrogen (secondary N) is 1. The normalized spacial score (nSPS) is 31.0. The lowest BCUT2D eigenvalue weighted by molar-refractivity contribution is -0.134. The molecule has 0 radical (unpaired) electrons. The fourth-order valence-electron chi connectivity index (χ4n) is 3.33. The number of carbonyl (C=O) groups excluding carboxylic acids is 2. The van der Waals surface area contributed by atoms with E-state index in [4.69, 9.17) is 0 Å². The summed E-state index contributed by atoms with van der Waals surface area (Å²) in [7, 11) is 0. The van der Waals surface area contributed by atoms with Crippen LogP contribution in [0, 0.1) is 11.8 Å². The summed E-state index contributed by atoms with van der Waals surface area (Å²) in [5.41, 5.74) is -0.720. The summed E-state index contributed by atoms with van der Waals surface area (Å²) >= 11 is 0. The summed E-state index contributed by atoms with van der Waals surface area (Å²) in [6, 6.07) is 0. The molecule has 1 aliphatic carbocycles. The summed E-state index contributed by atoms with van der Waals surface area (Å²) in [5, 5.41) is 13.4. The Labute approximate surface area is 127 Å². The molecule has 2 fully saturated rings. The van der Waals surface area contributed by atoms with Gasteiger partial charge in [0.05, 0.1) is 5.60 Å². The van der Waals surface area contributed by atoms with Gasteiger partial charge in [-0.2, -0.15) is 0 Å². The van der Waals surface area contributed by atoms with Crippen molar-refractivity contribution in [2.24, 2.45) is 11.8 Å². The van der Waals surface area contributed by atoms with Crippen LogP contribution in [0.1, 0.15) is 52.4 Å². The Morgan fingerprint density at radius 2 is 1.76 bits per heavy atom. The average Bonchev–Trinajstić information content (AvgIpc) is 2.48. The molecule has 1 heterocycles. The Morgan fingerprint density at radius 3 is 2.29 bits per heavy atom. The topological polar surface area (TPSA) is 69.6 Å². The van der Waals surface area contributed by atoms with Crippen LogP contribution >= 0.6 is 0 Å². The zero-order valence-corrected chi connectivity index (χ0v) is 13.2. The highest BCUT2D eigenvalue weighted by atomic mass is 16.3. The number of nitrogens with zero attached hydrogens (tertiary/aromatic N) is 1. The van der Waals surface area contributed by atoms with Crippen LogP contribution in [-0.4, -0.2) is 47.1 Å². The van der Waals surface area contributed by atoms with Crippen LogP contribution in [0.2, 0.25) is 0 Å². The van der Waals surface area contributed by atoms with Crippen molar-refractivity contribution in [3.63, 3.8) is 0 Å². The van der Waals surface area contributed by atoms with Crippen molar-refractivity contribution < 1.29 is 14.7 Å². The van der Waals surface area contributed by atoms with Gasteiger partial charge in [0, 0.05) is 32.5 Å². The summed E-state index contributed by atoms with van der Waals surface area (Å²) in [5.74, 6) is 0.772. The molecule has 0 bridgehead atoms. The molecular formula is C16H28N2O3. The van der Waals surface area contributed by atoms with E-state index in [1.165, 1.54) is 0 Å². The SMILES string of the molecule is CC(=O)N1CCC(C(=O)NCC2(O)CCC(C)CC2)CC1. The van der Waals surface area contributed by atoms with Gasteiger partial charge in [0.2, 0.25) is 11.8 Å². The summed E-state index contributed by atoms with van der Waals surface area (Å²) in [6.45, 7) is 5.47. The van der Waals surface area contributed by atoms with Crippen LogP contribution in [0.15, 0.2) is 0 Å². The van der Waals surface area contributed by atoms with Gasteiger partial charge >= 0.3 is 0 Å². The van der Waals surface area contributed by atoms with Gasteiger partial charge < -0.3 is 15.3 Å². The van der Waals surface area contributed by atoms with Gasteiger partial charge in [0.15, 0.2) is 0 Å². The molecule has 2 N–H and O–H groups in total. The second kappa shape index (κ2) is 6.77. The summed E-state index contributed by atoms with van der Waals surface area (Å²) in [4.78, 5) is 25.3. The van der Waals surface area contributed by atoms with Gasteiger partial charge in [0.1, 0.15) is 0 Å². The average molecular weight is 296 g/mol. The van der Waals surface area contributed by atoms with E-state index in [1.54, 1.807) is 11.8 Å². The van der Waals surface area contributed by atoms with E-state index in [0.717, 1.165) is 38.5 Å². The van der Waals surface area contributed by atoms with Crippen molar-refractivity contribution in [2.75, 3.05) is 19.6 Å². The molecule has 1 saturated heterocycles. The number of hydrogen-bond acceptors (Lipinski definition) is 3. The monoisotopic (exact) mass is 296 g/mol. The maximum atomic E-state index is 12.2. The highest BCUT2D eigenvalue weighted by Crippen LogP contribution is 2.31. The molecular weight excluding hydrogens is 268 g/mol. The molecule has 0 aromatic rings. The van der Waals surface area contributed by atoms with Crippen LogP contribution in [0.25, 0.3) is 0 Å². The minimum absolute atomic E-state index is 0.0216. The van der Waals surface area contributed by atoms with Crippen LogP contribution in [-0.2, 0) is 9.59 Å².